The number of fused-ring (bicyclic) bond motifs is 1. The molecule has 2 aliphatic heterocycles. The molecular weight excluding hydrogens is 352 g/mol. The van der Waals surface area contributed by atoms with Crippen molar-refractivity contribution in [2.45, 2.75) is 25.3 Å². The molecule has 2 atom stereocenters. The number of rotatable bonds is 4. The molecule has 4 rings (SSSR count). The molecule has 6 nitrogen and oxygen atoms in total. The van der Waals surface area contributed by atoms with Crippen LogP contribution in [0, 0.1) is 12.8 Å². The Morgan fingerprint density at radius 3 is 2.78 bits per heavy atom. The smallest absolute Gasteiger partial charge is 0.218 e. The fourth-order valence-corrected chi connectivity index (χ4v) is 6.88. The zero-order chi connectivity index (χ0) is 16.0. The van der Waals surface area contributed by atoms with Gasteiger partial charge in [0.15, 0.2) is 0 Å². The highest BCUT2D eigenvalue weighted by molar-refractivity contribution is 7.90. The SMILES string of the molecule is Cc1nc(CN2C[C@H]3CN(Cc4nccs4)C[C@@H]3S2(=O)=O)cs1. The van der Waals surface area contributed by atoms with Gasteiger partial charge in [0.05, 0.1) is 29.0 Å². The van der Waals surface area contributed by atoms with Gasteiger partial charge in [-0.1, -0.05) is 0 Å². The van der Waals surface area contributed by atoms with E-state index in [1.807, 2.05) is 17.7 Å². The maximum absolute atomic E-state index is 12.8. The molecule has 0 radical (unpaired) electrons. The van der Waals surface area contributed by atoms with Crippen molar-refractivity contribution in [3.63, 3.8) is 0 Å². The first-order chi connectivity index (χ1) is 11.0. The van der Waals surface area contributed by atoms with Crippen LogP contribution in [0.1, 0.15) is 15.7 Å². The Labute approximate surface area is 143 Å². The van der Waals surface area contributed by atoms with Crippen molar-refractivity contribution in [3.8, 4) is 0 Å². The molecule has 0 aliphatic carbocycles. The van der Waals surface area contributed by atoms with Gasteiger partial charge >= 0.3 is 0 Å². The lowest BCUT2D eigenvalue weighted by Crippen LogP contribution is -2.34. The average Bonchev–Trinajstić information content (AvgIpc) is 3.23. The quantitative estimate of drug-likeness (QED) is 0.817. The summed E-state index contributed by atoms with van der Waals surface area (Å²) >= 11 is 3.19. The molecule has 2 saturated heterocycles. The van der Waals surface area contributed by atoms with E-state index < -0.39 is 10.0 Å². The second kappa shape index (κ2) is 5.89. The molecule has 23 heavy (non-hydrogen) atoms. The Morgan fingerprint density at radius 1 is 1.26 bits per heavy atom. The standard InChI is InChI=1S/C14H18N4O2S3/c1-10-16-12(9-22-10)6-18-5-11-4-17(7-13(11)23(18,19)20)8-14-15-2-3-21-14/h2-3,9,11,13H,4-8H2,1H3/t11-,13+/m1/s1. The van der Waals surface area contributed by atoms with Crippen LogP contribution in [0.25, 0.3) is 0 Å². The summed E-state index contributed by atoms with van der Waals surface area (Å²) in [6.07, 6.45) is 1.80. The molecule has 2 aromatic heterocycles. The first-order valence-electron chi connectivity index (χ1n) is 7.53. The third-order valence-electron chi connectivity index (χ3n) is 4.48. The van der Waals surface area contributed by atoms with Crippen molar-refractivity contribution in [2.75, 3.05) is 19.6 Å². The molecule has 4 heterocycles. The lowest BCUT2D eigenvalue weighted by atomic mass is 10.1. The van der Waals surface area contributed by atoms with Crippen LogP contribution in [0.15, 0.2) is 17.0 Å². The van der Waals surface area contributed by atoms with Gasteiger partial charge < -0.3 is 0 Å². The Bertz CT molecular complexity index is 787. The van der Waals surface area contributed by atoms with Crippen molar-refractivity contribution < 1.29 is 8.42 Å². The van der Waals surface area contributed by atoms with Crippen LogP contribution in [-0.2, 0) is 23.1 Å². The van der Waals surface area contributed by atoms with Crippen molar-refractivity contribution in [3.05, 3.63) is 32.7 Å². The van der Waals surface area contributed by atoms with Crippen LogP contribution in [0.5, 0.6) is 0 Å². The molecule has 0 spiro atoms. The predicted octanol–water partition coefficient (Wildman–Crippen LogP) is 1.55. The first-order valence-corrected chi connectivity index (χ1v) is 10.8. The van der Waals surface area contributed by atoms with Crippen molar-refractivity contribution in [1.82, 2.24) is 19.2 Å². The Kier molecular flexibility index (Phi) is 4.01. The van der Waals surface area contributed by atoms with Gasteiger partial charge in [0, 0.05) is 42.5 Å². The Hall–Kier alpha value is -0.870. The minimum absolute atomic E-state index is 0.194. The highest BCUT2D eigenvalue weighted by Gasteiger charge is 2.50. The summed E-state index contributed by atoms with van der Waals surface area (Å²) in [5.41, 5.74) is 0.857. The molecule has 2 aliphatic rings. The van der Waals surface area contributed by atoms with Crippen LogP contribution >= 0.6 is 22.7 Å². The number of likely N-dealkylation sites (tertiary alicyclic amines) is 1. The van der Waals surface area contributed by atoms with Crippen LogP contribution in [0.2, 0.25) is 0 Å². The normalized spacial score (nSPS) is 27.5. The highest BCUT2D eigenvalue weighted by atomic mass is 32.2. The predicted molar refractivity (Wildman–Crippen MR) is 90.8 cm³/mol. The Morgan fingerprint density at radius 2 is 2.13 bits per heavy atom. The Balaban J connectivity index is 1.45. The van der Waals surface area contributed by atoms with Gasteiger partial charge in [-0.05, 0) is 6.92 Å². The van der Waals surface area contributed by atoms with E-state index in [0.717, 1.165) is 28.8 Å². The van der Waals surface area contributed by atoms with Crippen molar-refractivity contribution in [2.24, 2.45) is 5.92 Å². The summed E-state index contributed by atoms with van der Waals surface area (Å²) in [4.78, 5) is 10.9. The van der Waals surface area contributed by atoms with Crippen molar-refractivity contribution >= 4 is 32.7 Å². The second-order valence-electron chi connectivity index (χ2n) is 6.11. The summed E-state index contributed by atoms with van der Waals surface area (Å²) in [7, 11) is -3.23. The fourth-order valence-electron chi connectivity index (χ4n) is 3.46. The molecule has 0 unspecified atom stereocenters. The second-order valence-corrected chi connectivity index (χ2v) is 10.3. The van der Waals surface area contributed by atoms with E-state index in [9.17, 15) is 8.42 Å². The summed E-state index contributed by atoms with van der Waals surface area (Å²) in [6, 6.07) is 0. The highest BCUT2D eigenvalue weighted by Crippen LogP contribution is 2.35. The molecule has 0 aromatic carbocycles. The largest absolute Gasteiger partial charge is 0.295 e. The molecule has 0 saturated carbocycles. The molecule has 0 bridgehead atoms. The number of hydrogen-bond donors (Lipinski definition) is 0. The average molecular weight is 371 g/mol. The molecule has 2 aromatic rings. The van der Waals surface area contributed by atoms with E-state index in [1.54, 1.807) is 33.2 Å². The molecule has 2 fully saturated rings. The van der Waals surface area contributed by atoms with E-state index in [1.165, 1.54) is 0 Å². The molecule has 9 heteroatoms. The summed E-state index contributed by atoms with van der Waals surface area (Å²) in [5.74, 6) is 0.194. The van der Waals surface area contributed by atoms with Crippen molar-refractivity contribution in [1.29, 1.82) is 0 Å². The van der Waals surface area contributed by atoms with E-state index in [0.29, 0.717) is 19.6 Å². The maximum atomic E-state index is 12.8. The topological polar surface area (TPSA) is 66.4 Å². The number of nitrogens with zero attached hydrogens (tertiary/aromatic N) is 4. The molecule has 0 amide bonds. The zero-order valence-electron chi connectivity index (χ0n) is 12.8. The number of aromatic nitrogens is 2. The van der Waals surface area contributed by atoms with Crippen LogP contribution in [0.4, 0.5) is 0 Å². The fraction of sp³-hybridized carbons (Fsp3) is 0.571. The lowest BCUT2D eigenvalue weighted by molar-refractivity contribution is 0.294. The third kappa shape index (κ3) is 2.96. The van der Waals surface area contributed by atoms with Gasteiger partial charge in [-0.2, -0.15) is 4.31 Å². The van der Waals surface area contributed by atoms with Gasteiger partial charge in [0.1, 0.15) is 5.01 Å². The van der Waals surface area contributed by atoms with E-state index in [-0.39, 0.29) is 11.2 Å². The summed E-state index contributed by atoms with van der Waals surface area (Å²) in [5, 5.41) is 5.67. The van der Waals surface area contributed by atoms with E-state index >= 15 is 0 Å². The maximum Gasteiger partial charge on any atom is 0.218 e. The monoisotopic (exact) mass is 370 g/mol. The summed E-state index contributed by atoms with van der Waals surface area (Å²) in [6.45, 7) is 5.16. The summed E-state index contributed by atoms with van der Waals surface area (Å²) < 4.78 is 27.2. The molecular formula is C14H18N4O2S3. The number of thiazole rings is 2. The van der Waals surface area contributed by atoms with Crippen LogP contribution in [0.3, 0.4) is 0 Å². The van der Waals surface area contributed by atoms with Gasteiger partial charge in [-0.25, -0.2) is 18.4 Å². The minimum atomic E-state index is -3.23. The van der Waals surface area contributed by atoms with Crippen LogP contribution < -0.4 is 0 Å². The first kappa shape index (κ1) is 15.6. The third-order valence-corrected chi connectivity index (χ3v) is 8.37. The molecule has 124 valence electrons. The van der Waals surface area contributed by atoms with Gasteiger partial charge in [0.25, 0.3) is 0 Å². The van der Waals surface area contributed by atoms with Crippen LogP contribution in [-0.4, -0.2) is 52.5 Å². The van der Waals surface area contributed by atoms with E-state index in [2.05, 4.69) is 14.9 Å². The molecule has 0 N–H and O–H groups in total. The number of sulfonamides is 1. The van der Waals surface area contributed by atoms with E-state index in [4.69, 9.17) is 0 Å². The van der Waals surface area contributed by atoms with Gasteiger partial charge in [-0.3, -0.25) is 4.90 Å². The van der Waals surface area contributed by atoms with Gasteiger partial charge in [0.2, 0.25) is 10.0 Å². The lowest BCUT2D eigenvalue weighted by Gasteiger charge is -2.20. The zero-order valence-corrected chi connectivity index (χ0v) is 15.2. The minimum Gasteiger partial charge on any atom is -0.295 e. The van der Waals surface area contributed by atoms with Gasteiger partial charge in [-0.15, -0.1) is 22.7 Å². The number of aryl methyl sites for hydroxylation is 1. The number of hydrogen-bond acceptors (Lipinski definition) is 7.